The summed E-state index contributed by atoms with van der Waals surface area (Å²) < 4.78 is 1.74. The molecule has 3 aromatic rings. The summed E-state index contributed by atoms with van der Waals surface area (Å²) in [4.78, 5) is 5.31. The molecule has 0 radical (unpaired) electrons. The quantitative estimate of drug-likeness (QED) is 0.782. The van der Waals surface area contributed by atoms with Crippen molar-refractivity contribution in [1.82, 2.24) is 9.78 Å². The second-order valence-corrected chi connectivity index (χ2v) is 5.84. The first kappa shape index (κ1) is 13.9. The van der Waals surface area contributed by atoms with Crippen LogP contribution in [0.5, 0.6) is 5.75 Å². The van der Waals surface area contributed by atoms with Crippen LogP contribution in [-0.2, 0) is 7.05 Å². The number of aromatic hydroxyl groups is 1. The first-order chi connectivity index (χ1) is 10.1. The standard InChI is InChI=1S/C15H12ClN3OS/c1-19-15(17-12-6-8-13(20)9-7-12)21-14(18-19)10-2-4-11(16)5-3-10/h2-9,20H,1H3. The van der Waals surface area contributed by atoms with Crippen molar-refractivity contribution in [3.8, 4) is 16.3 Å². The van der Waals surface area contributed by atoms with Gasteiger partial charge in [0.2, 0.25) is 4.80 Å². The van der Waals surface area contributed by atoms with Crippen molar-refractivity contribution in [1.29, 1.82) is 0 Å². The zero-order valence-corrected chi connectivity index (χ0v) is 12.8. The predicted molar refractivity (Wildman–Crippen MR) is 84.9 cm³/mol. The molecule has 2 aromatic carbocycles. The van der Waals surface area contributed by atoms with E-state index in [9.17, 15) is 5.11 Å². The highest BCUT2D eigenvalue weighted by atomic mass is 35.5. The normalized spacial score (nSPS) is 11.8. The Morgan fingerprint density at radius 2 is 1.76 bits per heavy atom. The van der Waals surface area contributed by atoms with Crippen LogP contribution < -0.4 is 4.80 Å². The summed E-state index contributed by atoms with van der Waals surface area (Å²) in [5.41, 5.74) is 1.78. The SMILES string of the molecule is Cn1nc(-c2ccc(Cl)cc2)sc1=Nc1ccc(O)cc1. The molecule has 21 heavy (non-hydrogen) atoms. The number of hydrogen-bond acceptors (Lipinski definition) is 4. The van der Waals surface area contributed by atoms with E-state index in [1.165, 1.54) is 11.3 Å². The summed E-state index contributed by atoms with van der Waals surface area (Å²) in [6, 6.07) is 14.3. The molecule has 0 aliphatic rings. The minimum Gasteiger partial charge on any atom is -0.508 e. The van der Waals surface area contributed by atoms with Crippen LogP contribution in [0, 0.1) is 0 Å². The second-order valence-electron chi connectivity index (χ2n) is 4.45. The Bertz CT molecular complexity index is 819. The molecule has 4 nitrogen and oxygen atoms in total. The van der Waals surface area contributed by atoms with Gasteiger partial charge < -0.3 is 5.11 Å². The van der Waals surface area contributed by atoms with Gasteiger partial charge in [-0.1, -0.05) is 35.1 Å². The van der Waals surface area contributed by atoms with Gasteiger partial charge in [-0.3, -0.25) is 0 Å². The van der Waals surface area contributed by atoms with Crippen LogP contribution in [0.1, 0.15) is 0 Å². The van der Waals surface area contributed by atoms with Crippen molar-refractivity contribution in [2.75, 3.05) is 0 Å². The zero-order chi connectivity index (χ0) is 14.8. The van der Waals surface area contributed by atoms with Crippen molar-refractivity contribution in [2.24, 2.45) is 12.0 Å². The molecule has 0 unspecified atom stereocenters. The van der Waals surface area contributed by atoms with Crippen LogP contribution in [0.4, 0.5) is 5.69 Å². The summed E-state index contributed by atoms with van der Waals surface area (Å²) >= 11 is 7.39. The highest BCUT2D eigenvalue weighted by Crippen LogP contribution is 2.22. The molecule has 6 heteroatoms. The van der Waals surface area contributed by atoms with Gasteiger partial charge in [0.15, 0.2) is 0 Å². The topological polar surface area (TPSA) is 50.4 Å². The first-order valence-corrected chi connectivity index (χ1v) is 7.45. The molecular formula is C15H12ClN3OS. The molecule has 0 saturated carbocycles. The van der Waals surface area contributed by atoms with Crippen LogP contribution in [0.2, 0.25) is 5.02 Å². The fourth-order valence-electron chi connectivity index (χ4n) is 1.79. The molecule has 0 spiro atoms. The molecule has 0 bridgehead atoms. The van der Waals surface area contributed by atoms with Gasteiger partial charge in [-0.15, -0.1) is 0 Å². The number of phenolic OH excluding ortho intramolecular Hbond substituents is 1. The Hall–Kier alpha value is -2.11. The smallest absolute Gasteiger partial charge is 0.208 e. The van der Waals surface area contributed by atoms with E-state index in [0.717, 1.165) is 21.1 Å². The van der Waals surface area contributed by atoms with E-state index in [4.69, 9.17) is 11.6 Å². The lowest BCUT2D eigenvalue weighted by molar-refractivity contribution is 0.475. The molecular weight excluding hydrogens is 306 g/mol. The molecule has 1 heterocycles. The van der Waals surface area contributed by atoms with Gasteiger partial charge in [-0.05, 0) is 36.4 Å². The fourth-order valence-corrected chi connectivity index (χ4v) is 2.83. The van der Waals surface area contributed by atoms with Crippen molar-refractivity contribution in [2.45, 2.75) is 0 Å². The summed E-state index contributed by atoms with van der Waals surface area (Å²) in [6.07, 6.45) is 0. The highest BCUT2D eigenvalue weighted by Gasteiger charge is 2.05. The number of nitrogens with zero attached hydrogens (tertiary/aromatic N) is 3. The van der Waals surface area contributed by atoms with Gasteiger partial charge in [0.25, 0.3) is 0 Å². The van der Waals surface area contributed by atoms with Crippen LogP contribution in [0.25, 0.3) is 10.6 Å². The lowest BCUT2D eigenvalue weighted by Crippen LogP contribution is -2.10. The van der Waals surface area contributed by atoms with Crippen LogP contribution in [0.3, 0.4) is 0 Å². The minimum absolute atomic E-state index is 0.226. The third-order valence-corrected chi connectivity index (χ3v) is 4.17. The van der Waals surface area contributed by atoms with Gasteiger partial charge in [-0.2, -0.15) is 5.10 Å². The Morgan fingerprint density at radius 3 is 2.43 bits per heavy atom. The molecule has 0 atom stereocenters. The largest absolute Gasteiger partial charge is 0.508 e. The third kappa shape index (κ3) is 3.15. The van der Waals surface area contributed by atoms with Crippen LogP contribution in [-0.4, -0.2) is 14.9 Å². The monoisotopic (exact) mass is 317 g/mol. The molecule has 1 aromatic heterocycles. The maximum atomic E-state index is 9.29. The van der Waals surface area contributed by atoms with Gasteiger partial charge >= 0.3 is 0 Å². The fraction of sp³-hybridized carbons (Fsp3) is 0.0667. The van der Waals surface area contributed by atoms with Gasteiger partial charge in [0, 0.05) is 17.6 Å². The Balaban J connectivity index is 2.01. The number of benzene rings is 2. The first-order valence-electron chi connectivity index (χ1n) is 6.26. The number of aromatic nitrogens is 2. The number of halogens is 1. The maximum Gasteiger partial charge on any atom is 0.208 e. The van der Waals surface area contributed by atoms with Crippen molar-refractivity contribution < 1.29 is 5.11 Å². The lowest BCUT2D eigenvalue weighted by atomic mass is 10.2. The number of rotatable bonds is 2. The van der Waals surface area contributed by atoms with Gasteiger partial charge in [0.1, 0.15) is 10.8 Å². The number of hydrogen-bond donors (Lipinski definition) is 1. The van der Waals surface area contributed by atoms with E-state index in [2.05, 4.69) is 10.1 Å². The molecule has 3 rings (SSSR count). The summed E-state index contributed by atoms with van der Waals surface area (Å²) in [5, 5.41) is 15.3. The van der Waals surface area contributed by atoms with Gasteiger partial charge in [-0.25, -0.2) is 9.67 Å². The van der Waals surface area contributed by atoms with Crippen molar-refractivity contribution >= 4 is 28.6 Å². The minimum atomic E-state index is 0.226. The molecule has 0 amide bonds. The molecule has 0 fully saturated rings. The Labute approximate surface area is 130 Å². The third-order valence-electron chi connectivity index (χ3n) is 2.87. The van der Waals surface area contributed by atoms with Crippen LogP contribution in [0.15, 0.2) is 53.5 Å². The summed E-state index contributed by atoms with van der Waals surface area (Å²) in [5.74, 6) is 0.226. The zero-order valence-electron chi connectivity index (χ0n) is 11.2. The van der Waals surface area contributed by atoms with E-state index < -0.39 is 0 Å². The molecule has 0 aliphatic carbocycles. The summed E-state index contributed by atoms with van der Waals surface area (Å²) in [7, 11) is 1.86. The summed E-state index contributed by atoms with van der Waals surface area (Å²) in [6.45, 7) is 0. The van der Waals surface area contributed by atoms with Crippen molar-refractivity contribution in [3.05, 3.63) is 58.4 Å². The second kappa shape index (κ2) is 5.71. The number of aryl methyl sites for hydroxylation is 1. The number of phenols is 1. The van der Waals surface area contributed by atoms with E-state index in [1.807, 2.05) is 31.3 Å². The molecule has 0 saturated heterocycles. The molecule has 0 aliphatic heterocycles. The van der Waals surface area contributed by atoms with Crippen LogP contribution >= 0.6 is 22.9 Å². The highest BCUT2D eigenvalue weighted by molar-refractivity contribution is 7.12. The molecule has 106 valence electrons. The van der Waals surface area contributed by atoms with Gasteiger partial charge in [0.05, 0.1) is 5.69 Å². The van der Waals surface area contributed by atoms with E-state index in [0.29, 0.717) is 5.02 Å². The maximum absolute atomic E-state index is 9.29. The average Bonchev–Trinajstić information content (AvgIpc) is 2.83. The lowest BCUT2D eigenvalue weighted by Gasteiger charge is -1.94. The van der Waals surface area contributed by atoms with E-state index >= 15 is 0 Å². The molecule has 1 N–H and O–H groups in total. The average molecular weight is 318 g/mol. The Morgan fingerprint density at radius 1 is 1.10 bits per heavy atom. The van der Waals surface area contributed by atoms with E-state index in [1.54, 1.807) is 28.9 Å². The Kier molecular flexibility index (Phi) is 3.77. The van der Waals surface area contributed by atoms with Crippen molar-refractivity contribution in [3.63, 3.8) is 0 Å². The predicted octanol–water partition coefficient (Wildman–Crippen LogP) is 3.74. The van der Waals surface area contributed by atoms with E-state index in [-0.39, 0.29) is 5.75 Å².